The fourth-order valence-corrected chi connectivity index (χ4v) is 3.50. The van der Waals surface area contributed by atoms with Gasteiger partial charge in [0.1, 0.15) is 0 Å². The highest BCUT2D eigenvalue weighted by Gasteiger charge is 2.40. The lowest BCUT2D eigenvalue weighted by Crippen LogP contribution is -2.55. The van der Waals surface area contributed by atoms with Crippen LogP contribution in [0.1, 0.15) is 52.3 Å². The molecule has 1 aromatic rings. The van der Waals surface area contributed by atoms with Crippen molar-refractivity contribution in [2.45, 2.75) is 52.1 Å². The van der Waals surface area contributed by atoms with Crippen molar-refractivity contribution < 1.29 is 0 Å². The van der Waals surface area contributed by atoms with Crippen LogP contribution in [-0.4, -0.2) is 33.3 Å². The molecule has 0 spiro atoms. The first kappa shape index (κ1) is 16.5. The van der Waals surface area contributed by atoms with E-state index < -0.39 is 0 Å². The summed E-state index contributed by atoms with van der Waals surface area (Å²) in [4.78, 5) is 2.45. The van der Waals surface area contributed by atoms with Gasteiger partial charge in [-0.25, -0.2) is 0 Å². The highest BCUT2D eigenvalue weighted by atomic mass is 35.5. The Morgan fingerprint density at radius 3 is 2.16 bits per heavy atom. The van der Waals surface area contributed by atoms with Crippen LogP contribution >= 0.6 is 11.6 Å². The molecule has 0 aliphatic carbocycles. The SMILES string of the molecule is CCN(CC)C(CC)(CC)C(N)c1c(Cl)cnn1C. The van der Waals surface area contributed by atoms with Crippen LogP contribution in [0.4, 0.5) is 0 Å². The van der Waals surface area contributed by atoms with Gasteiger partial charge in [0.25, 0.3) is 0 Å². The molecule has 0 aliphatic heterocycles. The maximum atomic E-state index is 6.61. The van der Waals surface area contributed by atoms with Gasteiger partial charge in [0.15, 0.2) is 0 Å². The van der Waals surface area contributed by atoms with Gasteiger partial charge < -0.3 is 5.73 Å². The second-order valence-corrected chi connectivity index (χ2v) is 5.37. The number of nitrogens with zero attached hydrogens (tertiary/aromatic N) is 3. The zero-order valence-corrected chi connectivity index (χ0v) is 13.5. The lowest BCUT2D eigenvalue weighted by molar-refractivity contribution is 0.0600. The molecule has 0 aliphatic rings. The molecule has 19 heavy (non-hydrogen) atoms. The lowest BCUT2D eigenvalue weighted by Gasteiger charge is -2.46. The van der Waals surface area contributed by atoms with Crippen molar-refractivity contribution in [2.24, 2.45) is 12.8 Å². The molecule has 5 heteroatoms. The minimum absolute atomic E-state index is 0.0685. The van der Waals surface area contributed by atoms with Crippen LogP contribution in [0.2, 0.25) is 5.02 Å². The molecule has 0 saturated heterocycles. The Morgan fingerprint density at radius 1 is 1.32 bits per heavy atom. The maximum Gasteiger partial charge on any atom is 0.0834 e. The standard InChI is InChI=1S/C14H27ClN4/c1-6-14(7-2,19(8-3)9-4)13(16)12-11(15)10-17-18(12)5/h10,13H,6-9,16H2,1-5H3. The third-order valence-corrected chi connectivity index (χ3v) is 4.72. The van der Waals surface area contributed by atoms with Crippen molar-refractivity contribution in [1.82, 2.24) is 14.7 Å². The zero-order chi connectivity index (χ0) is 14.6. The summed E-state index contributed by atoms with van der Waals surface area (Å²) in [7, 11) is 1.90. The molecule has 0 radical (unpaired) electrons. The average Bonchev–Trinajstić information content (AvgIpc) is 2.75. The molecule has 1 aromatic heterocycles. The summed E-state index contributed by atoms with van der Waals surface area (Å²) < 4.78 is 1.80. The van der Waals surface area contributed by atoms with Crippen molar-refractivity contribution in [3.8, 4) is 0 Å². The van der Waals surface area contributed by atoms with Gasteiger partial charge in [-0.2, -0.15) is 5.10 Å². The Balaban J connectivity index is 3.26. The van der Waals surface area contributed by atoms with Gasteiger partial charge in [0, 0.05) is 12.6 Å². The van der Waals surface area contributed by atoms with Gasteiger partial charge in [0.2, 0.25) is 0 Å². The summed E-state index contributed by atoms with van der Waals surface area (Å²) in [6.45, 7) is 10.7. The molecule has 110 valence electrons. The fourth-order valence-electron chi connectivity index (χ4n) is 3.21. The quantitative estimate of drug-likeness (QED) is 0.838. The second-order valence-electron chi connectivity index (χ2n) is 4.96. The van der Waals surface area contributed by atoms with Gasteiger partial charge >= 0.3 is 0 Å². The van der Waals surface area contributed by atoms with E-state index in [4.69, 9.17) is 17.3 Å². The van der Waals surface area contributed by atoms with E-state index in [1.54, 1.807) is 10.9 Å². The van der Waals surface area contributed by atoms with Crippen LogP contribution in [0.15, 0.2) is 6.20 Å². The van der Waals surface area contributed by atoms with E-state index in [0.717, 1.165) is 31.6 Å². The number of likely N-dealkylation sites (N-methyl/N-ethyl adjacent to an activating group) is 1. The van der Waals surface area contributed by atoms with Crippen LogP contribution < -0.4 is 5.73 Å². The molecule has 1 heterocycles. The Hall–Kier alpha value is -0.580. The van der Waals surface area contributed by atoms with Gasteiger partial charge in [-0.05, 0) is 25.9 Å². The zero-order valence-electron chi connectivity index (χ0n) is 12.8. The molecule has 1 rings (SSSR count). The average molecular weight is 287 g/mol. The fraction of sp³-hybridized carbons (Fsp3) is 0.786. The molecule has 2 N–H and O–H groups in total. The third kappa shape index (κ3) is 2.81. The maximum absolute atomic E-state index is 6.61. The Labute approximate surface area is 121 Å². The predicted octanol–water partition coefficient (Wildman–Crippen LogP) is 2.97. The van der Waals surface area contributed by atoms with Crippen LogP contribution in [0.25, 0.3) is 0 Å². The van der Waals surface area contributed by atoms with Gasteiger partial charge in [-0.1, -0.05) is 39.3 Å². The van der Waals surface area contributed by atoms with Crippen molar-refractivity contribution in [1.29, 1.82) is 0 Å². The van der Waals surface area contributed by atoms with Gasteiger partial charge in [-0.15, -0.1) is 0 Å². The largest absolute Gasteiger partial charge is 0.321 e. The predicted molar refractivity (Wildman–Crippen MR) is 81.4 cm³/mol. The van der Waals surface area contributed by atoms with E-state index >= 15 is 0 Å². The number of hydrogen-bond donors (Lipinski definition) is 1. The third-order valence-electron chi connectivity index (χ3n) is 4.43. The minimum atomic E-state index is -0.137. The van der Waals surface area contributed by atoms with Crippen molar-refractivity contribution in [3.05, 3.63) is 16.9 Å². The normalized spacial score (nSPS) is 14.1. The first-order valence-corrected chi connectivity index (χ1v) is 7.54. The highest BCUT2D eigenvalue weighted by molar-refractivity contribution is 6.31. The number of halogens is 1. The molecular formula is C14H27ClN4. The number of rotatable bonds is 7. The minimum Gasteiger partial charge on any atom is -0.321 e. The summed E-state index contributed by atoms with van der Waals surface area (Å²) in [6, 6.07) is -0.137. The summed E-state index contributed by atoms with van der Waals surface area (Å²) in [6.07, 6.45) is 3.66. The molecule has 0 bridgehead atoms. The second kappa shape index (κ2) is 6.73. The Bertz CT molecular complexity index is 375. The smallest absolute Gasteiger partial charge is 0.0834 e. The first-order valence-electron chi connectivity index (χ1n) is 7.16. The Kier molecular flexibility index (Phi) is 5.83. The molecule has 0 aromatic carbocycles. The molecule has 0 fully saturated rings. The first-order chi connectivity index (χ1) is 8.98. The molecule has 0 amide bonds. The van der Waals surface area contributed by atoms with E-state index in [1.165, 1.54) is 0 Å². The van der Waals surface area contributed by atoms with E-state index in [0.29, 0.717) is 5.02 Å². The van der Waals surface area contributed by atoms with Crippen LogP contribution in [-0.2, 0) is 7.05 Å². The van der Waals surface area contributed by atoms with Crippen molar-refractivity contribution in [2.75, 3.05) is 13.1 Å². The van der Waals surface area contributed by atoms with Crippen molar-refractivity contribution in [3.63, 3.8) is 0 Å². The molecular weight excluding hydrogens is 260 g/mol. The van der Waals surface area contributed by atoms with Gasteiger partial charge in [-0.3, -0.25) is 9.58 Å². The highest BCUT2D eigenvalue weighted by Crippen LogP contribution is 2.37. The van der Waals surface area contributed by atoms with E-state index in [-0.39, 0.29) is 11.6 Å². The van der Waals surface area contributed by atoms with E-state index in [1.807, 2.05) is 7.05 Å². The summed E-state index contributed by atoms with van der Waals surface area (Å²) in [5.41, 5.74) is 7.47. The monoisotopic (exact) mass is 286 g/mol. The van der Waals surface area contributed by atoms with Crippen LogP contribution in [0.3, 0.4) is 0 Å². The summed E-state index contributed by atoms with van der Waals surface area (Å²) in [5, 5.41) is 4.88. The molecule has 1 atom stereocenters. The topological polar surface area (TPSA) is 47.1 Å². The molecule has 1 unspecified atom stereocenters. The lowest BCUT2D eigenvalue weighted by atomic mass is 9.81. The molecule has 4 nitrogen and oxygen atoms in total. The van der Waals surface area contributed by atoms with Crippen LogP contribution in [0.5, 0.6) is 0 Å². The number of aryl methyl sites for hydroxylation is 1. The number of aromatic nitrogens is 2. The van der Waals surface area contributed by atoms with E-state index in [9.17, 15) is 0 Å². The molecule has 0 saturated carbocycles. The van der Waals surface area contributed by atoms with Crippen molar-refractivity contribution >= 4 is 11.6 Å². The van der Waals surface area contributed by atoms with E-state index in [2.05, 4.69) is 37.7 Å². The number of hydrogen-bond acceptors (Lipinski definition) is 3. The summed E-state index contributed by atoms with van der Waals surface area (Å²) >= 11 is 6.27. The Morgan fingerprint density at radius 2 is 1.84 bits per heavy atom. The number of nitrogens with two attached hydrogens (primary N) is 1. The van der Waals surface area contributed by atoms with Crippen LogP contribution in [0, 0.1) is 0 Å². The van der Waals surface area contributed by atoms with Gasteiger partial charge in [0.05, 0.1) is 23.0 Å². The summed E-state index contributed by atoms with van der Waals surface area (Å²) in [5.74, 6) is 0.